The highest BCUT2D eigenvalue weighted by Crippen LogP contribution is 2.40. The van der Waals surface area contributed by atoms with Crippen molar-refractivity contribution in [2.75, 3.05) is 4.90 Å². The van der Waals surface area contributed by atoms with Crippen molar-refractivity contribution < 1.29 is 0 Å². The molecular weight excluding hydrogens is 364 g/mol. The number of thiophene rings is 1. The van der Waals surface area contributed by atoms with Gasteiger partial charge in [-0.25, -0.2) is 0 Å². The Morgan fingerprint density at radius 3 is 2.50 bits per heavy atom. The summed E-state index contributed by atoms with van der Waals surface area (Å²) in [5.41, 5.74) is 4.08. The second kappa shape index (κ2) is 7.33. The van der Waals surface area contributed by atoms with Crippen LogP contribution in [0.25, 0.3) is 0 Å². The molecule has 2 N–H and O–H groups in total. The van der Waals surface area contributed by atoms with E-state index in [9.17, 15) is 0 Å². The van der Waals surface area contributed by atoms with Crippen molar-refractivity contribution in [1.82, 2.24) is 0 Å². The van der Waals surface area contributed by atoms with E-state index in [1.807, 2.05) is 24.3 Å². The summed E-state index contributed by atoms with van der Waals surface area (Å²) in [5, 5.41) is 18.6. The minimum Gasteiger partial charge on any atom is -0.288 e. The Morgan fingerprint density at radius 1 is 1.27 bits per heavy atom. The number of hydrogen-bond donors (Lipinski definition) is 2. The summed E-state index contributed by atoms with van der Waals surface area (Å²) in [5.74, 6) is 0.733. The number of halogens is 1. The van der Waals surface area contributed by atoms with Gasteiger partial charge in [-0.2, -0.15) is 0 Å². The fourth-order valence-electron chi connectivity index (χ4n) is 3.22. The minimum atomic E-state index is -0.259. The second-order valence-electron chi connectivity index (χ2n) is 6.56. The third kappa shape index (κ3) is 3.21. The molecule has 0 spiro atoms. The Bertz CT molecular complexity index is 895. The summed E-state index contributed by atoms with van der Waals surface area (Å²) in [6, 6.07) is 7.45. The number of anilines is 1. The zero-order chi connectivity index (χ0) is 19.0. The van der Waals surface area contributed by atoms with Crippen molar-refractivity contribution in [3.63, 3.8) is 0 Å². The number of fused-ring (bicyclic) bond motifs is 1. The van der Waals surface area contributed by atoms with Crippen LogP contribution in [0.4, 0.5) is 5.00 Å². The first-order valence-corrected chi connectivity index (χ1v) is 9.92. The molecule has 0 saturated carbocycles. The molecule has 1 aliphatic rings. The fraction of sp³-hybridized carbons (Fsp3) is 0.350. The van der Waals surface area contributed by atoms with Crippen LogP contribution >= 0.6 is 22.9 Å². The van der Waals surface area contributed by atoms with Gasteiger partial charge in [0.15, 0.2) is 0 Å². The van der Waals surface area contributed by atoms with Crippen LogP contribution in [0.2, 0.25) is 5.02 Å². The van der Waals surface area contributed by atoms with Gasteiger partial charge in [0.25, 0.3) is 0 Å². The number of aryl methyl sites for hydroxylation is 1. The number of nitrogens with one attached hydrogen (secondary N) is 2. The zero-order valence-electron chi connectivity index (χ0n) is 15.5. The van der Waals surface area contributed by atoms with E-state index < -0.39 is 0 Å². The fourth-order valence-corrected chi connectivity index (χ4v) is 4.57. The first-order valence-electron chi connectivity index (χ1n) is 8.73. The summed E-state index contributed by atoms with van der Waals surface area (Å²) < 4.78 is 0. The van der Waals surface area contributed by atoms with Crippen LogP contribution in [0.1, 0.15) is 48.3 Å². The lowest BCUT2D eigenvalue weighted by molar-refractivity contribution is 0.726. The largest absolute Gasteiger partial charge is 0.288 e. The number of hydrogen-bond acceptors (Lipinski definition) is 4. The highest BCUT2D eigenvalue weighted by Gasteiger charge is 2.33. The molecule has 6 heteroatoms. The number of aliphatic imine (C=N–C) groups is 1. The average Bonchev–Trinajstić information content (AvgIpc) is 2.80. The molecule has 0 aliphatic carbocycles. The smallest absolute Gasteiger partial charge is 0.132 e. The van der Waals surface area contributed by atoms with E-state index in [1.165, 1.54) is 4.88 Å². The normalized spacial score (nSPS) is 17.0. The second-order valence-corrected chi connectivity index (χ2v) is 8.20. The van der Waals surface area contributed by atoms with Gasteiger partial charge in [0.05, 0.1) is 5.71 Å². The van der Waals surface area contributed by atoms with Crippen LogP contribution in [0.3, 0.4) is 0 Å². The predicted octanol–water partition coefficient (Wildman–Crippen LogP) is 5.82. The van der Waals surface area contributed by atoms with Crippen LogP contribution in [0.5, 0.6) is 0 Å². The van der Waals surface area contributed by atoms with Crippen molar-refractivity contribution in [3.8, 4) is 0 Å². The summed E-state index contributed by atoms with van der Waals surface area (Å²) in [4.78, 5) is 7.95. The molecule has 26 heavy (non-hydrogen) atoms. The average molecular weight is 387 g/mol. The molecule has 4 nitrogen and oxygen atoms in total. The molecule has 1 aromatic heterocycles. The predicted molar refractivity (Wildman–Crippen MR) is 113 cm³/mol. The lowest BCUT2D eigenvalue weighted by Gasteiger charge is -2.24. The number of rotatable bonds is 3. The third-order valence-electron chi connectivity index (χ3n) is 4.66. The van der Waals surface area contributed by atoms with E-state index in [0.717, 1.165) is 40.2 Å². The number of benzene rings is 1. The first kappa shape index (κ1) is 18.8. The summed E-state index contributed by atoms with van der Waals surface area (Å²) >= 11 is 7.71. The SMILES string of the molecule is CCCC1N=C(c2ccc(Cl)cc2)c2c(sc(C)c2C)N(C(C)=N)C1=N. The summed E-state index contributed by atoms with van der Waals surface area (Å²) in [6.07, 6.45) is 1.72. The first-order chi connectivity index (χ1) is 12.3. The Labute approximate surface area is 163 Å². The molecule has 0 fully saturated rings. The Balaban J connectivity index is 2.30. The van der Waals surface area contributed by atoms with Crippen LogP contribution in [0, 0.1) is 24.7 Å². The van der Waals surface area contributed by atoms with Gasteiger partial charge in [-0.15, -0.1) is 11.3 Å². The molecule has 1 unspecified atom stereocenters. The molecule has 1 atom stereocenters. The molecule has 0 amide bonds. The lowest BCUT2D eigenvalue weighted by Crippen LogP contribution is -2.39. The van der Waals surface area contributed by atoms with Gasteiger partial charge in [-0.1, -0.05) is 37.1 Å². The van der Waals surface area contributed by atoms with Crippen LogP contribution in [-0.4, -0.2) is 23.4 Å². The van der Waals surface area contributed by atoms with Crippen LogP contribution < -0.4 is 4.90 Å². The van der Waals surface area contributed by atoms with E-state index in [4.69, 9.17) is 27.4 Å². The van der Waals surface area contributed by atoms with Gasteiger partial charge in [0, 0.05) is 21.0 Å². The standard InChI is InChI=1S/C20H23ClN4S/c1-5-6-16-19(23)25(13(4)22)20-17(11(2)12(3)26-20)18(24-16)14-7-9-15(21)10-8-14/h7-10,16,22-23H,5-6H2,1-4H3. The quantitative estimate of drug-likeness (QED) is 0.506. The Hall–Kier alpha value is -1.98. The molecule has 0 radical (unpaired) electrons. The van der Waals surface area contributed by atoms with Crippen LogP contribution in [-0.2, 0) is 0 Å². The molecule has 0 saturated heterocycles. The number of nitrogens with zero attached hydrogens (tertiary/aromatic N) is 2. The maximum Gasteiger partial charge on any atom is 0.132 e. The molecule has 0 bridgehead atoms. The van der Waals surface area contributed by atoms with Crippen LogP contribution in [0.15, 0.2) is 29.3 Å². The van der Waals surface area contributed by atoms with E-state index in [2.05, 4.69) is 20.8 Å². The molecule has 1 aromatic carbocycles. The lowest BCUT2D eigenvalue weighted by atomic mass is 9.99. The molecule has 2 heterocycles. The third-order valence-corrected chi connectivity index (χ3v) is 6.11. The number of amidine groups is 2. The Morgan fingerprint density at radius 2 is 1.92 bits per heavy atom. The minimum absolute atomic E-state index is 0.259. The molecule has 2 aromatic rings. The zero-order valence-corrected chi connectivity index (χ0v) is 17.1. The van der Waals surface area contributed by atoms with Crippen molar-refractivity contribution >= 4 is 45.3 Å². The van der Waals surface area contributed by atoms with E-state index >= 15 is 0 Å². The molecule has 136 valence electrons. The van der Waals surface area contributed by atoms with Crippen molar-refractivity contribution in [3.05, 3.63) is 50.9 Å². The highest BCUT2D eigenvalue weighted by atomic mass is 35.5. The van der Waals surface area contributed by atoms with Crippen molar-refractivity contribution in [2.45, 2.75) is 46.6 Å². The summed E-state index contributed by atoms with van der Waals surface area (Å²) in [6.45, 7) is 8.01. The van der Waals surface area contributed by atoms with E-state index in [-0.39, 0.29) is 6.04 Å². The van der Waals surface area contributed by atoms with Gasteiger partial charge < -0.3 is 0 Å². The maximum atomic E-state index is 8.74. The Kier molecular flexibility index (Phi) is 5.30. The molecule has 1 aliphatic heterocycles. The topological polar surface area (TPSA) is 63.3 Å². The van der Waals surface area contributed by atoms with E-state index in [0.29, 0.717) is 16.7 Å². The van der Waals surface area contributed by atoms with E-state index in [1.54, 1.807) is 23.2 Å². The molecule has 3 rings (SSSR count). The highest BCUT2D eigenvalue weighted by molar-refractivity contribution is 7.17. The van der Waals surface area contributed by atoms with Crippen molar-refractivity contribution in [1.29, 1.82) is 10.8 Å². The molecular formula is C20H23ClN4S. The van der Waals surface area contributed by atoms with Crippen molar-refractivity contribution in [2.24, 2.45) is 4.99 Å². The van der Waals surface area contributed by atoms with Gasteiger partial charge in [-0.3, -0.25) is 20.7 Å². The van der Waals surface area contributed by atoms with Gasteiger partial charge in [0.1, 0.15) is 22.7 Å². The van der Waals surface area contributed by atoms with Gasteiger partial charge in [0.2, 0.25) is 0 Å². The summed E-state index contributed by atoms with van der Waals surface area (Å²) in [7, 11) is 0. The van der Waals surface area contributed by atoms with Gasteiger partial charge >= 0.3 is 0 Å². The maximum absolute atomic E-state index is 8.74. The van der Waals surface area contributed by atoms with Gasteiger partial charge in [-0.05, 0) is 44.9 Å². The monoisotopic (exact) mass is 386 g/mol.